The highest BCUT2D eigenvalue weighted by Crippen LogP contribution is 2.43. The molecule has 1 fully saturated rings. The number of nitrogen functional groups attached to an aromatic ring is 1. The number of allylic oxidation sites excluding steroid dienone is 1. The topological polar surface area (TPSA) is 132 Å². The van der Waals surface area contributed by atoms with Crippen LogP contribution in [0, 0.1) is 5.92 Å². The van der Waals surface area contributed by atoms with Crippen molar-refractivity contribution in [2.75, 3.05) is 18.9 Å². The first-order valence-corrected chi connectivity index (χ1v) is 11.6. The molecule has 35 heavy (non-hydrogen) atoms. The van der Waals surface area contributed by atoms with Gasteiger partial charge in [-0.05, 0) is 49.0 Å². The van der Waals surface area contributed by atoms with Crippen LogP contribution in [0.25, 0.3) is 16.7 Å². The van der Waals surface area contributed by atoms with Gasteiger partial charge in [0, 0.05) is 41.2 Å². The molecule has 10 nitrogen and oxygen atoms in total. The minimum atomic E-state index is -0.850. The molecule has 0 saturated heterocycles. The number of fused-ring (bicyclic) bond motifs is 1. The second-order valence-corrected chi connectivity index (χ2v) is 9.26. The third-order valence-electron chi connectivity index (χ3n) is 7.00. The van der Waals surface area contributed by atoms with Crippen LogP contribution in [0.4, 0.5) is 6.01 Å². The fourth-order valence-electron chi connectivity index (χ4n) is 5.21. The molecule has 0 bridgehead atoms. The van der Waals surface area contributed by atoms with Crippen LogP contribution < -0.4 is 5.73 Å². The number of carboxylic acids is 1. The van der Waals surface area contributed by atoms with Gasteiger partial charge < -0.3 is 24.9 Å². The Bertz CT molecular complexity index is 1520. The molecule has 3 aliphatic heterocycles. The second-order valence-electron chi connectivity index (χ2n) is 9.26. The molecule has 4 aliphatic rings. The summed E-state index contributed by atoms with van der Waals surface area (Å²) in [5, 5.41) is 14.1. The smallest absolute Gasteiger partial charge is 0.328 e. The number of hydrogen-bond donors (Lipinski definition) is 2. The number of carbonyl (C=O) groups is 1. The number of aromatic nitrogens is 3. The highest BCUT2D eigenvalue weighted by atomic mass is 16.5. The normalized spacial score (nSPS) is 20.1. The zero-order valence-corrected chi connectivity index (χ0v) is 18.7. The van der Waals surface area contributed by atoms with Crippen LogP contribution in [-0.4, -0.2) is 49.7 Å². The first-order valence-electron chi connectivity index (χ1n) is 11.6. The van der Waals surface area contributed by atoms with Gasteiger partial charge in [-0.3, -0.25) is 4.68 Å². The third kappa shape index (κ3) is 3.17. The molecule has 1 saturated carbocycles. The van der Waals surface area contributed by atoms with Crippen LogP contribution >= 0.6 is 0 Å². The van der Waals surface area contributed by atoms with E-state index in [9.17, 15) is 9.90 Å². The number of oxazole rings is 1. The van der Waals surface area contributed by atoms with Crippen molar-refractivity contribution in [3.8, 4) is 0 Å². The van der Waals surface area contributed by atoms with Gasteiger partial charge in [0.2, 0.25) is 0 Å². The number of carboxylic acid groups (broad SMARTS) is 1. The summed E-state index contributed by atoms with van der Waals surface area (Å²) in [6, 6.07) is 5.25. The Labute approximate surface area is 199 Å². The van der Waals surface area contributed by atoms with E-state index in [0.717, 1.165) is 59.6 Å². The summed E-state index contributed by atoms with van der Waals surface area (Å²) in [4.78, 5) is 23.1. The predicted octanol–water partition coefficient (Wildman–Crippen LogP) is 3.32. The molecule has 10 heteroatoms. The van der Waals surface area contributed by atoms with Crippen LogP contribution in [-0.2, 0) is 9.53 Å². The third-order valence-corrected chi connectivity index (χ3v) is 7.00. The van der Waals surface area contributed by atoms with Crippen LogP contribution in [0.1, 0.15) is 36.4 Å². The molecule has 176 valence electrons. The Morgan fingerprint density at radius 2 is 2.11 bits per heavy atom. The van der Waals surface area contributed by atoms with E-state index in [0.29, 0.717) is 17.7 Å². The fraction of sp³-hybridized carbons (Fsp3) is 0.280. The largest absolute Gasteiger partial charge is 0.496 e. The first-order chi connectivity index (χ1) is 17.1. The van der Waals surface area contributed by atoms with Gasteiger partial charge in [0.15, 0.2) is 11.6 Å². The van der Waals surface area contributed by atoms with Gasteiger partial charge in [-0.25, -0.2) is 9.79 Å². The maximum Gasteiger partial charge on any atom is 0.328 e. The van der Waals surface area contributed by atoms with Gasteiger partial charge in [-0.1, -0.05) is 0 Å². The van der Waals surface area contributed by atoms with Crippen molar-refractivity contribution in [3.63, 3.8) is 0 Å². The molecule has 1 atom stereocenters. The Balaban J connectivity index is 1.29. The summed E-state index contributed by atoms with van der Waals surface area (Å²) < 4.78 is 12.9. The highest BCUT2D eigenvalue weighted by molar-refractivity contribution is 6.05. The minimum Gasteiger partial charge on any atom is -0.496 e. The molecule has 0 spiro atoms. The van der Waals surface area contributed by atoms with E-state index >= 15 is 0 Å². The van der Waals surface area contributed by atoms with E-state index in [1.54, 1.807) is 23.3 Å². The van der Waals surface area contributed by atoms with Crippen LogP contribution in [0.3, 0.4) is 0 Å². The number of nitrogens with two attached hydrogens (primary N) is 1. The molecule has 1 unspecified atom stereocenters. The molecule has 3 aromatic rings. The highest BCUT2D eigenvalue weighted by Gasteiger charge is 2.39. The molecule has 7 rings (SSSR count). The van der Waals surface area contributed by atoms with Crippen molar-refractivity contribution in [3.05, 3.63) is 71.0 Å². The van der Waals surface area contributed by atoms with E-state index in [1.165, 1.54) is 5.57 Å². The first kappa shape index (κ1) is 20.1. The molecule has 2 aromatic heterocycles. The van der Waals surface area contributed by atoms with Crippen molar-refractivity contribution >= 4 is 34.5 Å². The average molecular weight is 470 g/mol. The van der Waals surface area contributed by atoms with Gasteiger partial charge in [0.25, 0.3) is 6.01 Å². The van der Waals surface area contributed by atoms with E-state index in [4.69, 9.17) is 19.9 Å². The van der Waals surface area contributed by atoms with Crippen molar-refractivity contribution in [1.82, 2.24) is 19.7 Å². The number of aliphatic imine (C=N–C) groups is 1. The van der Waals surface area contributed by atoms with Gasteiger partial charge in [0.1, 0.15) is 18.0 Å². The quantitative estimate of drug-likeness (QED) is 0.580. The molecular formula is C25H22N6O4. The number of rotatable bonds is 5. The predicted molar refractivity (Wildman–Crippen MR) is 127 cm³/mol. The average Bonchev–Trinajstić information content (AvgIpc) is 3.26. The zero-order valence-electron chi connectivity index (χ0n) is 18.7. The summed E-state index contributed by atoms with van der Waals surface area (Å²) in [6.07, 6.45) is 9.81. The van der Waals surface area contributed by atoms with Gasteiger partial charge >= 0.3 is 5.97 Å². The summed E-state index contributed by atoms with van der Waals surface area (Å²) >= 11 is 0. The SMILES string of the molecule is Nc1nc2cc(C3=NC=C4C(c5cnn(C(C(=O)O)C6CC6)c5)=COCC5=C4N3CC5)ccc2o1. The number of nitrogens with zero attached hydrogens (tertiary/aromatic N) is 5. The van der Waals surface area contributed by atoms with Crippen molar-refractivity contribution in [2.45, 2.75) is 25.3 Å². The summed E-state index contributed by atoms with van der Waals surface area (Å²) in [7, 11) is 0. The summed E-state index contributed by atoms with van der Waals surface area (Å²) in [5.41, 5.74) is 12.9. The minimum absolute atomic E-state index is 0.137. The molecule has 1 aromatic carbocycles. The maximum absolute atomic E-state index is 11.8. The van der Waals surface area contributed by atoms with Gasteiger partial charge in [0.05, 0.1) is 18.2 Å². The summed E-state index contributed by atoms with van der Waals surface area (Å²) in [6.45, 7) is 1.28. The Morgan fingerprint density at radius 1 is 1.23 bits per heavy atom. The Kier molecular flexibility index (Phi) is 4.20. The van der Waals surface area contributed by atoms with Gasteiger partial charge in [-0.2, -0.15) is 10.1 Å². The maximum atomic E-state index is 11.8. The second kappa shape index (κ2) is 7.33. The molecule has 5 heterocycles. The van der Waals surface area contributed by atoms with E-state index < -0.39 is 12.0 Å². The van der Waals surface area contributed by atoms with Crippen molar-refractivity contribution in [1.29, 1.82) is 0 Å². The number of aliphatic carboxylic acids is 1. The van der Waals surface area contributed by atoms with Gasteiger partial charge in [-0.15, -0.1) is 0 Å². The number of anilines is 1. The lowest BCUT2D eigenvalue weighted by Gasteiger charge is -2.29. The zero-order chi connectivity index (χ0) is 23.7. The summed E-state index contributed by atoms with van der Waals surface area (Å²) in [5.74, 6) is 0.119. The number of amidine groups is 1. The van der Waals surface area contributed by atoms with Crippen molar-refractivity contribution in [2.24, 2.45) is 10.9 Å². The fourth-order valence-corrected chi connectivity index (χ4v) is 5.21. The molecule has 3 N–H and O–H groups in total. The molecule has 0 amide bonds. The lowest BCUT2D eigenvalue weighted by molar-refractivity contribution is -0.141. The Morgan fingerprint density at radius 3 is 2.94 bits per heavy atom. The number of ether oxygens (including phenoxy) is 1. The molecule has 1 aliphatic carbocycles. The Hall–Kier alpha value is -4.34. The van der Waals surface area contributed by atoms with E-state index in [-0.39, 0.29) is 11.9 Å². The van der Waals surface area contributed by atoms with E-state index in [2.05, 4.69) is 15.0 Å². The molecular weight excluding hydrogens is 448 g/mol. The standard InChI is InChI=1S/C25H22N6O4/c26-25-29-19-7-14(3-4-20(19)35-25)23-27-9-17-18(12-34-11-15-5-6-30(23)21(15)17)16-8-28-31(10-16)22(24(32)33)13-1-2-13/h3-4,7-10,12-13,22H,1-2,5-6,11H2,(H2,26,29)(H,32,33). The number of hydrogen-bond acceptors (Lipinski definition) is 8. The van der Waals surface area contributed by atoms with Crippen LogP contribution in [0.2, 0.25) is 0 Å². The van der Waals surface area contributed by atoms with Crippen LogP contribution in [0.15, 0.2) is 69.3 Å². The lowest BCUT2D eigenvalue weighted by atomic mass is 9.96. The van der Waals surface area contributed by atoms with Crippen LogP contribution in [0.5, 0.6) is 0 Å². The van der Waals surface area contributed by atoms with Crippen molar-refractivity contribution < 1.29 is 19.1 Å². The lowest BCUT2D eigenvalue weighted by Crippen LogP contribution is -2.31. The van der Waals surface area contributed by atoms with E-state index in [1.807, 2.05) is 24.4 Å². The number of benzene rings is 1. The monoisotopic (exact) mass is 470 g/mol. The molecule has 0 radical (unpaired) electrons.